The second-order valence-electron chi connectivity index (χ2n) is 12.5. The number of amides is 4. The van der Waals surface area contributed by atoms with Gasteiger partial charge in [-0.3, -0.25) is 28.9 Å². The van der Waals surface area contributed by atoms with E-state index in [2.05, 4.69) is 15.5 Å². The van der Waals surface area contributed by atoms with Crippen LogP contribution in [0.25, 0.3) is 4.85 Å². The van der Waals surface area contributed by atoms with Crippen LogP contribution in [-0.4, -0.2) is 65.3 Å². The normalized spacial score (nSPS) is 22.4. The van der Waals surface area contributed by atoms with E-state index >= 15 is 0 Å². The molecular weight excluding hydrogens is 549 g/mol. The van der Waals surface area contributed by atoms with Crippen LogP contribution in [0.5, 0.6) is 0 Å². The van der Waals surface area contributed by atoms with Crippen molar-refractivity contribution in [2.24, 2.45) is 11.8 Å². The Morgan fingerprint density at radius 2 is 1.86 bits per heavy atom. The Labute approximate surface area is 251 Å². The monoisotopic (exact) mass is 587 g/mol. The van der Waals surface area contributed by atoms with Gasteiger partial charge in [0.2, 0.25) is 11.8 Å². The number of benzene rings is 2. The van der Waals surface area contributed by atoms with Crippen LogP contribution in [0.4, 0.5) is 10.1 Å². The van der Waals surface area contributed by atoms with Gasteiger partial charge in [0.1, 0.15) is 23.3 Å². The van der Waals surface area contributed by atoms with Crippen molar-refractivity contribution < 1.29 is 23.6 Å². The molecule has 2 aromatic rings. The van der Waals surface area contributed by atoms with E-state index in [-0.39, 0.29) is 42.2 Å². The van der Waals surface area contributed by atoms with E-state index in [0.717, 1.165) is 24.8 Å². The molecule has 1 spiro atoms. The Morgan fingerprint density at radius 3 is 2.49 bits per heavy atom. The number of hydrogen-bond acceptors (Lipinski definition) is 4. The highest BCUT2D eigenvalue weighted by molar-refractivity contribution is 6.07. The molecular formula is C33H38FN5O4. The maximum absolute atomic E-state index is 14.3. The predicted molar refractivity (Wildman–Crippen MR) is 159 cm³/mol. The van der Waals surface area contributed by atoms with Crippen LogP contribution in [0.2, 0.25) is 0 Å². The van der Waals surface area contributed by atoms with Crippen molar-refractivity contribution in [2.75, 3.05) is 18.9 Å². The Kier molecular flexibility index (Phi) is 8.54. The van der Waals surface area contributed by atoms with E-state index in [0.29, 0.717) is 18.5 Å². The number of fused-ring (bicyclic) bond motifs is 2. The predicted octanol–water partition coefficient (Wildman–Crippen LogP) is 4.36. The Hall–Kier alpha value is -4.26. The van der Waals surface area contributed by atoms with Crippen LogP contribution < -0.4 is 10.6 Å². The minimum absolute atomic E-state index is 0.0431. The molecule has 1 saturated heterocycles. The highest BCUT2D eigenvalue weighted by atomic mass is 19.1. The van der Waals surface area contributed by atoms with Gasteiger partial charge in [0.05, 0.1) is 6.42 Å². The molecule has 0 aromatic heterocycles. The maximum atomic E-state index is 14.3. The first kappa shape index (κ1) is 30.2. The maximum Gasteiger partial charge on any atom is 0.302 e. The van der Waals surface area contributed by atoms with E-state index in [1.165, 1.54) is 34.1 Å². The molecule has 2 aromatic carbocycles. The van der Waals surface area contributed by atoms with Crippen molar-refractivity contribution in [1.82, 2.24) is 15.1 Å². The first-order chi connectivity index (χ1) is 20.5. The molecule has 2 aliphatic heterocycles. The summed E-state index contributed by atoms with van der Waals surface area (Å²) in [4.78, 5) is 61.3. The molecule has 2 N–H and O–H groups in total. The van der Waals surface area contributed by atoms with Gasteiger partial charge in [0.25, 0.3) is 11.8 Å². The van der Waals surface area contributed by atoms with Crippen molar-refractivity contribution in [3.8, 4) is 0 Å². The number of nitrogens with one attached hydrogen (secondary N) is 2. The van der Waals surface area contributed by atoms with Crippen LogP contribution in [0, 0.1) is 24.2 Å². The van der Waals surface area contributed by atoms with E-state index in [9.17, 15) is 23.6 Å². The highest BCUT2D eigenvalue weighted by Gasteiger charge is 2.59. The zero-order chi connectivity index (χ0) is 30.9. The third-order valence-corrected chi connectivity index (χ3v) is 9.19. The quantitative estimate of drug-likeness (QED) is 0.426. The highest BCUT2D eigenvalue weighted by Crippen LogP contribution is 2.47. The summed E-state index contributed by atoms with van der Waals surface area (Å²) in [7, 11) is 1.57. The van der Waals surface area contributed by atoms with Crippen LogP contribution in [0.15, 0.2) is 48.5 Å². The van der Waals surface area contributed by atoms with Crippen molar-refractivity contribution in [3.05, 3.63) is 76.9 Å². The zero-order valence-electron chi connectivity index (χ0n) is 24.8. The second kappa shape index (κ2) is 12.2. The third-order valence-electron chi connectivity index (χ3n) is 9.19. The molecule has 9 nitrogen and oxygen atoms in total. The van der Waals surface area contributed by atoms with Gasteiger partial charge in [-0.2, -0.15) is 0 Å². The summed E-state index contributed by atoms with van der Waals surface area (Å²) in [6.07, 6.45) is 3.09. The molecule has 2 heterocycles. The molecule has 0 bridgehead atoms. The van der Waals surface area contributed by atoms with E-state index in [4.69, 9.17) is 6.57 Å². The average Bonchev–Trinajstić information content (AvgIpc) is 3.49. The molecule has 1 saturated carbocycles. The fourth-order valence-corrected chi connectivity index (χ4v) is 6.54. The number of halogens is 1. The van der Waals surface area contributed by atoms with Crippen molar-refractivity contribution in [1.29, 1.82) is 0 Å². The minimum Gasteiger partial charge on any atom is -0.340 e. The Balaban J connectivity index is 1.40. The minimum atomic E-state index is -1.03. The number of rotatable bonds is 9. The molecule has 0 radical (unpaired) electrons. The number of hydrogen-bond donors (Lipinski definition) is 2. The molecule has 2 fully saturated rings. The van der Waals surface area contributed by atoms with Gasteiger partial charge in [-0.25, -0.2) is 11.0 Å². The van der Waals surface area contributed by atoms with Crippen molar-refractivity contribution >= 4 is 29.3 Å². The smallest absolute Gasteiger partial charge is 0.302 e. The number of carbonyl (C=O) groups is 4. The van der Waals surface area contributed by atoms with Crippen LogP contribution in [-0.2, 0) is 19.8 Å². The number of anilines is 1. The molecule has 226 valence electrons. The lowest BCUT2D eigenvalue weighted by atomic mass is 9.80. The second-order valence-corrected chi connectivity index (χ2v) is 12.5. The number of likely N-dealkylation sites (tertiary alicyclic amines) is 1. The fourth-order valence-electron chi connectivity index (χ4n) is 6.54. The summed E-state index contributed by atoms with van der Waals surface area (Å²) < 4.78 is 13.4. The lowest BCUT2D eigenvalue weighted by Gasteiger charge is -2.36. The first-order valence-corrected chi connectivity index (χ1v) is 14.9. The topological polar surface area (TPSA) is 103 Å². The van der Waals surface area contributed by atoms with Gasteiger partial charge in [-0.15, -0.1) is 0 Å². The number of para-hydroxylation sites is 1. The summed E-state index contributed by atoms with van der Waals surface area (Å²) in [6, 6.07) is 10.7. The van der Waals surface area contributed by atoms with Crippen LogP contribution in [0.3, 0.4) is 0 Å². The summed E-state index contributed by atoms with van der Waals surface area (Å²) >= 11 is 0. The zero-order valence-corrected chi connectivity index (χ0v) is 24.8. The van der Waals surface area contributed by atoms with E-state index < -0.39 is 41.3 Å². The van der Waals surface area contributed by atoms with Gasteiger partial charge in [0.15, 0.2) is 0 Å². The molecule has 3 aliphatic rings. The first-order valence-electron chi connectivity index (χ1n) is 14.9. The summed E-state index contributed by atoms with van der Waals surface area (Å²) in [5.41, 5.74) is 0.676. The fraction of sp³-hybridized carbons (Fsp3) is 0.485. The summed E-state index contributed by atoms with van der Waals surface area (Å²) in [6.45, 7) is 11.8. The third kappa shape index (κ3) is 5.85. The largest absolute Gasteiger partial charge is 0.340 e. The molecule has 4 atom stereocenters. The van der Waals surface area contributed by atoms with Gasteiger partial charge < -0.3 is 15.5 Å². The lowest BCUT2D eigenvalue weighted by molar-refractivity contribution is -0.146. The van der Waals surface area contributed by atoms with E-state index in [1.807, 2.05) is 38.1 Å². The van der Waals surface area contributed by atoms with E-state index in [1.54, 1.807) is 7.05 Å². The van der Waals surface area contributed by atoms with Crippen LogP contribution >= 0.6 is 0 Å². The van der Waals surface area contributed by atoms with Gasteiger partial charge >= 0.3 is 6.17 Å². The number of likely N-dealkylation sites (N-methyl/N-ethyl adjacent to an activating group) is 1. The summed E-state index contributed by atoms with van der Waals surface area (Å²) in [5, 5.41) is 5.76. The Bertz CT molecular complexity index is 1450. The lowest BCUT2D eigenvalue weighted by Crippen LogP contribution is -2.56. The van der Waals surface area contributed by atoms with Crippen LogP contribution in [0.1, 0.15) is 68.3 Å². The number of nitrogens with zero attached hydrogens (tertiary/aromatic N) is 3. The van der Waals surface area contributed by atoms with Gasteiger partial charge in [-0.05, 0) is 60.6 Å². The van der Waals surface area contributed by atoms with Crippen molar-refractivity contribution in [2.45, 2.75) is 76.0 Å². The standard InChI is InChI=1S/C33H38FN5O4/c1-20(2)16-27(31(42)39-19-33(18-28(39)35-3)24-10-5-6-11-25(24)37-32(33)43)38(4)30(41)26(17-21-8-7-9-21)36-29(40)22-12-14-23(34)15-13-22/h5-6,10-15,20-21,26-28H,7-9,16-19H2,1-2,4H3,(H,36,40)(H,37,43)/t26-,27-,28-,33-/m0/s1. The molecule has 43 heavy (non-hydrogen) atoms. The summed E-state index contributed by atoms with van der Waals surface area (Å²) in [5.74, 6) is -1.63. The molecule has 1 aliphatic carbocycles. The molecule has 5 rings (SSSR count). The molecule has 0 unspecified atom stereocenters. The SMILES string of the molecule is [C-]#[N+][C@@H]1C[C@@]2(CN1C(=O)[C@H](CC(C)C)N(C)C(=O)[C@H](CC1CCC1)NC(=O)c1ccc(F)cc1)C(=O)Nc1ccccc12. The Morgan fingerprint density at radius 1 is 1.16 bits per heavy atom. The van der Waals surface area contributed by atoms with Gasteiger partial charge in [-0.1, -0.05) is 51.3 Å². The van der Waals surface area contributed by atoms with Gasteiger partial charge in [0, 0.05) is 24.8 Å². The van der Waals surface area contributed by atoms with Crippen molar-refractivity contribution in [3.63, 3.8) is 0 Å². The molecule has 10 heteroatoms. The number of carbonyl (C=O) groups excluding carboxylic acids is 4. The average molecular weight is 588 g/mol. The molecule has 4 amide bonds.